The van der Waals surface area contributed by atoms with Gasteiger partial charge < -0.3 is 99.6 Å². The molecular formula is C70H123Cl3N3O25P. The summed E-state index contributed by atoms with van der Waals surface area (Å²) in [4.78, 5) is 74.6. The Morgan fingerprint density at radius 2 is 0.971 bits per heavy atom. The number of hydrogen-bond donors (Lipinski definition) is 12. The van der Waals surface area contributed by atoms with Gasteiger partial charge in [0.2, 0.25) is 11.8 Å². The van der Waals surface area contributed by atoms with Gasteiger partial charge in [-0.2, -0.15) is 0 Å². The van der Waals surface area contributed by atoms with Crippen LogP contribution in [0.3, 0.4) is 0 Å². The Morgan fingerprint density at radius 1 is 0.500 bits per heavy atom. The molecule has 594 valence electrons. The number of aliphatic hydroxyl groups excluding tert-OH is 8. The molecule has 102 heavy (non-hydrogen) atoms. The van der Waals surface area contributed by atoms with E-state index in [2.05, 4.69) is 54.1 Å². The molecule has 17 atom stereocenters. The Hall–Kier alpha value is -2.75. The average Bonchev–Trinajstić information content (AvgIpc) is 0.773. The SMILES string of the molecule is CCCCCCCC/C=C\CCCCCCCC(=O)OC[C@H](COP(=O)(O)OCCNC(=O)CCCCC(=O)NCCCO[C@@H]1O[C@H](CO)[C@H](O)[C@H](O[C@H]2O[C@H](CO)[C@H](O)[C@H](O)[C@H]2NC(=O)C(Cl)(Cl)Cl)[C@H]1O[C@@H]1O[C@@H](C)[C@@H](O)[C@@H](O)[C@@H]1O)OC(=O)CCCCCCC/C=C\CCCCCCCC. The van der Waals surface area contributed by atoms with Gasteiger partial charge in [-0.1, -0.05) is 176 Å². The maximum atomic E-state index is 13.0. The summed E-state index contributed by atoms with van der Waals surface area (Å²) in [5.74, 6) is -3.17. The average molecular weight is 1540 g/mol. The fourth-order valence-electron chi connectivity index (χ4n) is 11.6. The zero-order chi connectivity index (χ0) is 75.1. The smallest absolute Gasteiger partial charge is 0.462 e. The van der Waals surface area contributed by atoms with E-state index in [1.807, 2.05) is 0 Å². The molecule has 3 aliphatic rings. The van der Waals surface area contributed by atoms with Crippen molar-refractivity contribution in [3.05, 3.63) is 24.3 Å². The third-order valence-corrected chi connectivity index (χ3v) is 19.2. The van der Waals surface area contributed by atoms with Crippen molar-refractivity contribution in [2.45, 2.75) is 335 Å². The summed E-state index contributed by atoms with van der Waals surface area (Å²) in [6, 6.07) is -1.78. The second-order valence-corrected chi connectivity index (χ2v) is 30.2. The maximum absolute atomic E-state index is 13.0. The Morgan fingerprint density at radius 3 is 1.50 bits per heavy atom. The molecule has 0 aromatic rings. The lowest BCUT2D eigenvalue weighted by Crippen LogP contribution is -2.69. The molecular weight excluding hydrogens is 1420 g/mol. The van der Waals surface area contributed by atoms with Gasteiger partial charge in [0.15, 0.2) is 25.0 Å². The summed E-state index contributed by atoms with van der Waals surface area (Å²) >= 11 is 17.3. The number of nitrogens with one attached hydrogen (secondary N) is 3. The number of rotatable bonds is 57. The number of ether oxygens (including phenoxy) is 8. The van der Waals surface area contributed by atoms with E-state index in [-0.39, 0.29) is 70.5 Å². The van der Waals surface area contributed by atoms with Crippen molar-refractivity contribution in [1.29, 1.82) is 0 Å². The number of aliphatic hydroxyl groups is 8. The highest BCUT2D eigenvalue weighted by molar-refractivity contribution is 7.47. The summed E-state index contributed by atoms with van der Waals surface area (Å²) in [7, 11) is -4.76. The van der Waals surface area contributed by atoms with Crippen LogP contribution >= 0.6 is 42.6 Å². The first kappa shape index (κ1) is 93.5. The van der Waals surface area contributed by atoms with Crippen molar-refractivity contribution in [2.75, 3.05) is 52.7 Å². The third-order valence-electron chi connectivity index (χ3n) is 17.7. The minimum absolute atomic E-state index is 0.00363. The van der Waals surface area contributed by atoms with Crippen molar-refractivity contribution >= 4 is 72.3 Å². The number of amides is 3. The molecule has 0 aromatic heterocycles. The Labute approximate surface area is 618 Å². The molecule has 0 saturated carbocycles. The van der Waals surface area contributed by atoms with E-state index < -0.39 is 167 Å². The quantitative estimate of drug-likeness (QED) is 0.00907. The molecule has 3 amide bonds. The van der Waals surface area contributed by atoms with E-state index in [0.717, 1.165) is 77.0 Å². The van der Waals surface area contributed by atoms with Crippen molar-refractivity contribution in [3.63, 3.8) is 0 Å². The first-order valence-electron chi connectivity index (χ1n) is 37.2. The van der Waals surface area contributed by atoms with E-state index in [1.54, 1.807) is 0 Å². The van der Waals surface area contributed by atoms with Gasteiger partial charge in [-0.3, -0.25) is 33.0 Å². The molecule has 3 aliphatic heterocycles. The normalized spacial score (nSPS) is 26.4. The summed E-state index contributed by atoms with van der Waals surface area (Å²) in [5.41, 5.74) is 0. The molecule has 0 spiro atoms. The fraction of sp³-hybridized carbons (Fsp3) is 0.871. The molecule has 3 fully saturated rings. The van der Waals surface area contributed by atoms with E-state index in [9.17, 15) is 74.3 Å². The van der Waals surface area contributed by atoms with Crippen LogP contribution in [0.5, 0.6) is 0 Å². The molecule has 0 bridgehead atoms. The first-order valence-corrected chi connectivity index (χ1v) is 39.9. The highest BCUT2D eigenvalue weighted by atomic mass is 35.6. The minimum atomic E-state index is -4.76. The van der Waals surface area contributed by atoms with Gasteiger partial charge in [0.1, 0.15) is 73.7 Å². The molecule has 12 N–H and O–H groups in total. The lowest BCUT2D eigenvalue weighted by atomic mass is 9.95. The van der Waals surface area contributed by atoms with Gasteiger partial charge in [0.05, 0.1) is 39.1 Å². The third kappa shape index (κ3) is 39.4. The predicted molar refractivity (Wildman–Crippen MR) is 380 cm³/mol. The number of phosphoric acid groups is 1. The number of carbonyl (C=O) groups is 5. The maximum Gasteiger partial charge on any atom is 0.472 e. The van der Waals surface area contributed by atoms with Crippen LogP contribution in [0.15, 0.2) is 24.3 Å². The van der Waals surface area contributed by atoms with Crippen LogP contribution in [0.4, 0.5) is 0 Å². The molecule has 28 nitrogen and oxygen atoms in total. The summed E-state index contributed by atoms with van der Waals surface area (Å²) in [5, 5.41) is 93.0. The van der Waals surface area contributed by atoms with E-state index in [4.69, 9.17) is 81.7 Å². The molecule has 3 saturated heterocycles. The summed E-state index contributed by atoms with van der Waals surface area (Å²) in [6.45, 7) is 2.27. The van der Waals surface area contributed by atoms with Crippen LogP contribution in [0, 0.1) is 0 Å². The lowest BCUT2D eigenvalue weighted by Gasteiger charge is -2.49. The number of hydrogen-bond acceptors (Lipinski definition) is 24. The van der Waals surface area contributed by atoms with Gasteiger partial charge >= 0.3 is 19.8 Å². The molecule has 3 heterocycles. The molecule has 1 unspecified atom stereocenters. The standard InChI is InChI=1S/C70H123Cl3N3O25P/c1-4-6-8-10-12-14-16-18-20-22-24-26-28-30-32-39-55(81)93-47-50(97-56(82)40-33-31-29-27-25-23-21-19-17-15-13-11-9-7-5-2)48-95-102(90,91)94-44-42-75-54(80)38-35-34-37-53(79)74-41-36-43-92-68-65(101-67-63(88)62(87)58(83)49(3)96-67)64(60(85)52(46-78)99-68)100-66-57(76-69(89)70(71,72)73)61(86)59(84)51(45-77)98-66/h18-21,49-52,57-68,77-78,83-88H,4-17,22-48H2,1-3H3,(H,74,79)(H,75,80)(H,76,89)(H,90,91)/b20-18-,21-19-/t49-,50+,51+,52+,57+,58+,59-,60-,61+,62+,63-,64-,65+,66+,67-,68+/m0/s1. The second kappa shape index (κ2) is 54.8. The Bertz CT molecular complexity index is 2390. The van der Waals surface area contributed by atoms with Crippen LogP contribution in [0.2, 0.25) is 0 Å². The van der Waals surface area contributed by atoms with E-state index in [1.165, 1.54) is 84.0 Å². The van der Waals surface area contributed by atoms with Crippen molar-refractivity contribution in [3.8, 4) is 0 Å². The zero-order valence-electron chi connectivity index (χ0n) is 60.2. The van der Waals surface area contributed by atoms with Gasteiger partial charge in [0.25, 0.3) is 9.70 Å². The van der Waals surface area contributed by atoms with Gasteiger partial charge in [0, 0.05) is 38.8 Å². The van der Waals surface area contributed by atoms with Gasteiger partial charge in [-0.05, 0) is 90.4 Å². The van der Waals surface area contributed by atoms with Crippen LogP contribution < -0.4 is 16.0 Å². The molecule has 32 heteroatoms. The molecule has 3 rings (SSSR count). The highest BCUT2D eigenvalue weighted by Gasteiger charge is 2.55. The highest BCUT2D eigenvalue weighted by Crippen LogP contribution is 2.43. The Kier molecular flexibility index (Phi) is 50.2. The van der Waals surface area contributed by atoms with Crippen LogP contribution in [0.25, 0.3) is 0 Å². The van der Waals surface area contributed by atoms with Crippen molar-refractivity contribution in [1.82, 2.24) is 16.0 Å². The van der Waals surface area contributed by atoms with Gasteiger partial charge in [-0.25, -0.2) is 4.57 Å². The number of esters is 2. The molecule has 0 radical (unpaired) electrons. The second-order valence-electron chi connectivity index (χ2n) is 26.5. The number of phosphoric ester groups is 1. The molecule has 0 aromatic carbocycles. The number of allylic oxidation sites excluding steroid dienone is 4. The number of unbranched alkanes of at least 4 members (excludes halogenated alkanes) is 23. The van der Waals surface area contributed by atoms with Crippen molar-refractivity contribution < 1.29 is 121 Å². The first-order chi connectivity index (χ1) is 48.9. The molecule has 0 aliphatic carbocycles. The summed E-state index contributed by atoms with van der Waals surface area (Å²) in [6.07, 6.45) is 13.6. The predicted octanol–water partition coefficient (Wildman–Crippen LogP) is 7.82. The number of alkyl halides is 3. The van der Waals surface area contributed by atoms with E-state index in [0.29, 0.717) is 12.8 Å². The monoisotopic (exact) mass is 1540 g/mol. The largest absolute Gasteiger partial charge is 0.472 e. The number of halogens is 3. The van der Waals surface area contributed by atoms with Gasteiger partial charge in [-0.15, -0.1) is 0 Å². The zero-order valence-corrected chi connectivity index (χ0v) is 63.3. The van der Waals surface area contributed by atoms with Crippen LogP contribution in [0.1, 0.15) is 233 Å². The fourth-order valence-corrected chi connectivity index (χ4v) is 12.5. The number of carbonyl (C=O) groups excluding carboxylic acids is 5. The van der Waals surface area contributed by atoms with E-state index >= 15 is 0 Å². The lowest BCUT2D eigenvalue weighted by molar-refractivity contribution is -0.385. The Balaban J connectivity index is 1.45. The summed E-state index contributed by atoms with van der Waals surface area (Å²) < 4.78 is 67.0. The van der Waals surface area contributed by atoms with Crippen LogP contribution in [-0.4, -0.2) is 230 Å². The minimum Gasteiger partial charge on any atom is -0.462 e. The van der Waals surface area contributed by atoms with Crippen molar-refractivity contribution in [2.24, 2.45) is 0 Å². The topological polar surface area (TPSA) is 413 Å². The van der Waals surface area contributed by atoms with Crippen LogP contribution in [-0.2, 0) is 75.5 Å².